The van der Waals surface area contributed by atoms with Gasteiger partial charge in [-0.25, -0.2) is 14.8 Å². The predicted octanol–water partition coefficient (Wildman–Crippen LogP) is 3.09. The van der Waals surface area contributed by atoms with Gasteiger partial charge in [-0.3, -0.25) is 0 Å². The molecule has 0 spiro atoms. The maximum Gasteiger partial charge on any atom is 0.338 e. The van der Waals surface area contributed by atoms with Crippen LogP contribution in [-0.2, 0) is 0 Å². The first-order valence-electron chi connectivity index (χ1n) is 5.13. The molecule has 0 atom stereocenters. The zero-order valence-corrected chi connectivity index (χ0v) is 11.1. The van der Waals surface area contributed by atoms with Crippen molar-refractivity contribution in [2.24, 2.45) is 0 Å². The number of carboxylic acids is 1. The van der Waals surface area contributed by atoms with Gasteiger partial charge in [0.05, 0.1) is 5.56 Å². The molecule has 4 nitrogen and oxygen atoms in total. The van der Waals surface area contributed by atoms with E-state index in [1.165, 1.54) is 24.2 Å². The molecule has 0 radical (unpaired) electrons. The first kappa shape index (κ1) is 14.9. The van der Waals surface area contributed by atoms with Crippen LogP contribution in [0.2, 0.25) is 0 Å². The van der Waals surface area contributed by atoms with Crippen molar-refractivity contribution in [2.45, 2.75) is 44.5 Å². The monoisotopic (exact) mass is 242 g/mol. The summed E-state index contributed by atoms with van der Waals surface area (Å²) in [5.74, 6) is -1.00. The van der Waals surface area contributed by atoms with E-state index in [1.54, 1.807) is 0 Å². The molecule has 90 valence electrons. The minimum absolute atomic E-state index is 0.0325. The lowest BCUT2D eigenvalue weighted by molar-refractivity contribution is 0.0695. The van der Waals surface area contributed by atoms with Gasteiger partial charge in [0, 0.05) is 17.1 Å². The van der Waals surface area contributed by atoms with Crippen LogP contribution in [0.5, 0.6) is 0 Å². The minimum Gasteiger partial charge on any atom is -0.478 e. The normalized spacial score (nSPS) is 10.3. The van der Waals surface area contributed by atoms with Crippen molar-refractivity contribution >= 4 is 17.7 Å². The second-order valence-electron chi connectivity index (χ2n) is 3.77. The van der Waals surface area contributed by atoms with Crippen LogP contribution < -0.4 is 0 Å². The minimum atomic E-state index is -1.00. The number of carbonyl (C=O) groups is 1. The molecule has 16 heavy (non-hydrogen) atoms. The SMILES string of the molecule is CC.CC(C)(C)Sc1ncc(C(=O)O)cn1. The highest BCUT2D eigenvalue weighted by Crippen LogP contribution is 2.28. The third-order valence-corrected chi connectivity index (χ3v) is 2.28. The van der Waals surface area contributed by atoms with Gasteiger partial charge in [0.25, 0.3) is 0 Å². The van der Waals surface area contributed by atoms with Gasteiger partial charge in [-0.1, -0.05) is 46.4 Å². The fraction of sp³-hybridized carbons (Fsp3) is 0.545. The lowest BCUT2D eigenvalue weighted by Gasteiger charge is -2.15. The predicted molar refractivity (Wildman–Crippen MR) is 65.9 cm³/mol. The van der Waals surface area contributed by atoms with Crippen LogP contribution in [0.4, 0.5) is 0 Å². The van der Waals surface area contributed by atoms with E-state index in [4.69, 9.17) is 5.11 Å². The van der Waals surface area contributed by atoms with Crippen molar-refractivity contribution in [3.05, 3.63) is 18.0 Å². The molecule has 0 bridgehead atoms. The fourth-order valence-electron chi connectivity index (χ4n) is 0.753. The Labute approximate surface area is 101 Å². The zero-order valence-electron chi connectivity index (χ0n) is 10.3. The average Bonchev–Trinajstić information content (AvgIpc) is 2.19. The van der Waals surface area contributed by atoms with Crippen LogP contribution in [0.3, 0.4) is 0 Å². The van der Waals surface area contributed by atoms with Gasteiger partial charge in [0.2, 0.25) is 0 Å². The molecule has 1 N–H and O–H groups in total. The smallest absolute Gasteiger partial charge is 0.338 e. The van der Waals surface area contributed by atoms with E-state index < -0.39 is 5.97 Å². The van der Waals surface area contributed by atoms with Crippen LogP contribution in [0.15, 0.2) is 17.6 Å². The number of rotatable bonds is 2. The van der Waals surface area contributed by atoms with E-state index >= 15 is 0 Å². The van der Waals surface area contributed by atoms with Gasteiger partial charge in [-0.05, 0) is 0 Å². The zero-order chi connectivity index (χ0) is 12.8. The van der Waals surface area contributed by atoms with E-state index in [0.29, 0.717) is 5.16 Å². The molecule has 0 fully saturated rings. The standard InChI is InChI=1S/C9H12N2O2S.C2H6/c1-9(2,3)14-8-10-4-6(5-11-8)7(12)13;1-2/h4-5H,1-3H3,(H,12,13);1-2H3. The Morgan fingerprint density at radius 3 is 2.00 bits per heavy atom. The number of nitrogens with zero attached hydrogens (tertiary/aromatic N) is 2. The summed E-state index contributed by atoms with van der Waals surface area (Å²) < 4.78 is 0.0325. The summed E-state index contributed by atoms with van der Waals surface area (Å²) in [5.41, 5.74) is 0.114. The van der Waals surface area contributed by atoms with Crippen LogP contribution in [0, 0.1) is 0 Å². The Morgan fingerprint density at radius 1 is 1.25 bits per heavy atom. The van der Waals surface area contributed by atoms with Crippen LogP contribution in [0.1, 0.15) is 45.0 Å². The van der Waals surface area contributed by atoms with Crippen molar-refractivity contribution in [2.75, 3.05) is 0 Å². The van der Waals surface area contributed by atoms with E-state index in [1.807, 2.05) is 34.6 Å². The molecule has 0 aliphatic carbocycles. The largest absolute Gasteiger partial charge is 0.478 e. The number of thioether (sulfide) groups is 1. The third-order valence-electron chi connectivity index (χ3n) is 1.27. The topological polar surface area (TPSA) is 63.1 Å². The Balaban J connectivity index is 0.00000106. The number of carboxylic acid groups (broad SMARTS) is 1. The first-order valence-corrected chi connectivity index (χ1v) is 5.94. The van der Waals surface area contributed by atoms with Gasteiger partial charge >= 0.3 is 5.97 Å². The molecular formula is C11H18N2O2S. The number of aromatic nitrogens is 2. The number of aromatic carboxylic acids is 1. The van der Waals surface area contributed by atoms with Crippen LogP contribution >= 0.6 is 11.8 Å². The molecule has 0 saturated heterocycles. The Bertz CT molecular complexity index is 331. The van der Waals surface area contributed by atoms with E-state index in [-0.39, 0.29) is 10.3 Å². The summed E-state index contributed by atoms with van der Waals surface area (Å²) in [6.07, 6.45) is 2.65. The van der Waals surface area contributed by atoms with Gasteiger partial charge in [-0.15, -0.1) is 0 Å². The van der Waals surface area contributed by atoms with E-state index in [2.05, 4.69) is 9.97 Å². The van der Waals surface area contributed by atoms with Gasteiger partial charge in [0.1, 0.15) is 0 Å². The van der Waals surface area contributed by atoms with Crippen molar-refractivity contribution < 1.29 is 9.90 Å². The molecule has 0 saturated carbocycles. The van der Waals surface area contributed by atoms with Crippen molar-refractivity contribution in [1.29, 1.82) is 0 Å². The summed E-state index contributed by atoms with van der Waals surface area (Å²) in [5, 5.41) is 9.22. The van der Waals surface area contributed by atoms with Gasteiger partial charge in [0.15, 0.2) is 5.16 Å². The number of hydrogen-bond acceptors (Lipinski definition) is 4. The second-order valence-corrected chi connectivity index (χ2v) is 5.57. The third kappa shape index (κ3) is 5.70. The Kier molecular flexibility index (Phi) is 6.03. The highest BCUT2D eigenvalue weighted by molar-refractivity contribution is 8.00. The highest BCUT2D eigenvalue weighted by Gasteiger charge is 2.14. The summed E-state index contributed by atoms with van der Waals surface area (Å²) in [7, 11) is 0. The molecule has 1 aromatic rings. The number of hydrogen-bond donors (Lipinski definition) is 1. The van der Waals surface area contributed by atoms with Crippen molar-refractivity contribution in [3.8, 4) is 0 Å². The average molecular weight is 242 g/mol. The summed E-state index contributed by atoms with van der Waals surface area (Å²) >= 11 is 1.51. The molecule has 1 rings (SSSR count). The Morgan fingerprint density at radius 2 is 1.69 bits per heavy atom. The highest BCUT2D eigenvalue weighted by atomic mass is 32.2. The first-order chi connectivity index (χ1) is 7.38. The molecule has 0 aromatic carbocycles. The summed E-state index contributed by atoms with van der Waals surface area (Å²) in [6.45, 7) is 10.1. The van der Waals surface area contributed by atoms with Crippen molar-refractivity contribution in [1.82, 2.24) is 9.97 Å². The lowest BCUT2D eigenvalue weighted by atomic mass is 10.3. The summed E-state index contributed by atoms with van der Waals surface area (Å²) in [6, 6.07) is 0. The molecule has 0 aliphatic heterocycles. The second kappa shape index (κ2) is 6.48. The maximum absolute atomic E-state index is 10.5. The lowest BCUT2D eigenvalue weighted by Crippen LogP contribution is -2.08. The van der Waals surface area contributed by atoms with Gasteiger partial charge in [-0.2, -0.15) is 0 Å². The van der Waals surface area contributed by atoms with Crippen LogP contribution in [0.25, 0.3) is 0 Å². The molecule has 1 aromatic heterocycles. The molecule has 0 unspecified atom stereocenters. The molecular weight excluding hydrogens is 224 g/mol. The fourth-order valence-corrected chi connectivity index (χ4v) is 1.51. The molecule has 0 amide bonds. The Hall–Kier alpha value is -1.10. The quantitative estimate of drug-likeness (QED) is 0.637. The molecule has 1 heterocycles. The molecule has 0 aliphatic rings. The van der Waals surface area contributed by atoms with Gasteiger partial charge < -0.3 is 5.11 Å². The molecule has 5 heteroatoms. The van der Waals surface area contributed by atoms with E-state index in [9.17, 15) is 4.79 Å². The summed E-state index contributed by atoms with van der Waals surface area (Å²) in [4.78, 5) is 18.4. The maximum atomic E-state index is 10.5. The van der Waals surface area contributed by atoms with Crippen LogP contribution in [-0.4, -0.2) is 25.8 Å². The van der Waals surface area contributed by atoms with Crippen molar-refractivity contribution in [3.63, 3.8) is 0 Å². The van der Waals surface area contributed by atoms with E-state index in [0.717, 1.165) is 0 Å².